The maximum absolute atomic E-state index is 12.9. The first-order chi connectivity index (χ1) is 12.1. The van der Waals surface area contributed by atoms with Crippen LogP contribution in [0.4, 0.5) is 10.5 Å². The Morgan fingerprint density at radius 1 is 1.08 bits per heavy atom. The lowest BCUT2D eigenvalue weighted by Crippen LogP contribution is -2.50. The molecule has 2 aliphatic heterocycles. The van der Waals surface area contributed by atoms with Gasteiger partial charge < -0.3 is 10.6 Å². The molecule has 2 aromatic carbocycles. The first-order valence-electron chi connectivity index (χ1n) is 8.31. The van der Waals surface area contributed by atoms with Crippen LogP contribution in [0.3, 0.4) is 0 Å². The summed E-state index contributed by atoms with van der Waals surface area (Å²) in [4.78, 5) is 12.6. The Kier molecular flexibility index (Phi) is 3.88. The lowest BCUT2D eigenvalue weighted by molar-refractivity contribution is 0.205. The lowest BCUT2D eigenvalue weighted by Gasteiger charge is -2.32. The van der Waals surface area contributed by atoms with Gasteiger partial charge in [-0.25, -0.2) is 17.5 Å². The highest BCUT2D eigenvalue weighted by atomic mass is 32.2. The van der Waals surface area contributed by atoms with E-state index in [1.165, 1.54) is 0 Å². The van der Waals surface area contributed by atoms with E-state index in [0.717, 1.165) is 34.1 Å². The third kappa shape index (κ3) is 2.84. The molecule has 7 heteroatoms. The quantitative estimate of drug-likeness (QED) is 0.885. The second-order valence-electron chi connectivity index (χ2n) is 6.27. The molecule has 2 aromatic rings. The second-order valence-corrected chi connectivity index (χ2v) is 8.14. The average molecular weight is 357 g/mol. The number of amides is 2. The predicted molar refractivity (Wildman–Crippen MR) is 94.9 cm³/mol. The zero-order valence-corrected chi connectivity index (χ0v) is 14.4. The van der Waals surface area contributed by atoms with E-state index in [2.05, 4.69) is 10.6 Å². The fourth-order valence-corrected chi connectivity index (χ4v) is 4.78. The Labute approximate surface area is 146 Å². The summed E-state index contributed by atoms with van der Waals surface area (Å²) in [6, 6.07) is 13.8. The Bertz CT molecular complexity index is 912. The number of hydrogen-bond acceptors (Lipinski definition) is 4. The number of anilines is 1. The number of carbonyl (C=O) groups is 1. The van der Waals surface area contributed by atoms with E-state index in [1.54, 1.807) is 18.2 Å². The van der Waals surface area contributed by atoms with Crippen LogP contribution in [0, 0.1) is 0 Å². The minimum Gasteiger partial charge on any atom is -0.384 e. The van der Waals surface area contributed by atoms with Gasteiger partial charge in [0.25, 0.3) is 10.0 Å². The van der Waals surface area contributed by atoms with E-state index < -0.39 is 16.1 Å². The van der Waals surface area contributed by atoms with E-state index in [0.29, 0.717) is 6.42 Å². The number of hydrogen-bond donors (Lipinski definition) is 2. The van der Waals surface area contributed by atoms with Gasteiger partial charge in [0.2, 0.25) is 0 Å². The summed E-state index contributed by atoms with van der Waals surface area (Å²) in [7, 11) is -3.84. The van der Waals surface area contributed by atoms with Gasteiger partial charge in [0.05, 0.1) is 10.9 Å². The predicted octanol–water partition coefficient (Wildman–Crippen LogP) is 2.50. The molecule has 0 radical (unpaired) electrons. The number of fused-ring (bicyclic) bond motifs is 1. The number of nitrogens with one attached hydrogen (secondary N) is 2. The Morgan fingerprint density at radius 3 is 2.64 bits per heavy atom. The second kappa shape index (κ2) is 6.07. The Balaban J connectivity index is 1.57. The maximum atomic E-state index is 12.9. The van der Waals surface area contributed by atoms with Crippen molar-refractivity contribution in [2.24, 2.45) is 0 Å². The van der Waals surface area contributed by atoms with Gasteiger partial charge in [-0.15, -0.1) is 0 Å². The highest BCUT2D eigenvalue weighted by Crippen LogP contribution is 2.29. The normalized spacial score (nSPS) is 19.9. The summed E-state index contributed by atoms with van der Waals surface area (Å²) < 4.78 is 26.7. The monoisotopic (exact) mass is 357 g/mol. The number of sulfonamides is 1. The van der Waals surface area contributed by atoms with Crippen LogP contribution in [0.15, 0.2) is 53.4 Å². The molecule has 2 amide bonds. The van der Waals surface area contributed by atoms with Gasteiger partial charge in [0, 0.05) is 18.8 Å². The minimum atomic E-state index is -3.84. The van der Waals surface area contributed by atoms with E-state index in [-0.39, 0.29) is 17.5 Å². The number of rotatable bonds is 3. The molecular formula is C18H19N3O3S. The first kappa shape index (κ1) is 16.0. The summed E-state index contributed by atoms with van der Waals surface area (Å²) in [5, 5.41) is 6.01. The minimum absolute atomic E-state index is 0.163. The molecule has 0 spiro atoms. The molecule has 1 atom stereocenters. The lowest BCUT2D eigenvalue weighted by atomic mass is 10.0. The van der Waals surface area contributed by atoms with Crippen LogP contribution in [0.5, 0.6) is 0 Å². The number of urea groups is 1. The summed E-state index contributed by atoms with van der Waals surface area (Å²) in [6.07, 6.45) is 1.34. The zero-order valence-electron chi connectivity index (χ0n) is 13.6. The van der Waals surface area contributed by atoms with Crippen molar-refractivity contribution in [2.45, 2.75) is 23.8 Å². The molecule has 130 valence electrons. The molecule has 1 saturated heterocycles. The van der Waals surface area contributed by atoms with Gasteiger partial charge in [0.1, 0.15) is 0 Å². The van der Waals surface area contributed by atoms with Crippen molar-refractivity contribution in [2.75, 3.05) is 18.4 Å². The fourth-order valence-electron chi connectivity index (χ4n) is 3.37. The maximum Gasteiger partial charge on any atom is 0.331 e. The molecule has 2 heterocycles. The van der Waals surface area contributed by atoms with Gasteiger partial charge in [-0.05, 0) is 42.2 Å². The van der Waals surface area contributed by atoms with E-state index in [1.807, 2.05) is 30.3 Å². The number of nitrogens with zero attached hydrogens (tertiary/aromatic N) is 1. The molecular weight excluding hydrogens is 338 g/mol. The molecule has 0 aliphatic carbocycles. The standard InChI is InChI=1S/C18H19N3O3S/c22-18-20-17(13-4-2-1-3-5-13)9-11-21(18)25(23,24)15-6-7-16-14(12-15)8-10-19-16/h1-7,12,17,19H,8-11H2,(H,20,22). The molecule has 2 N–H and O–H groups in total. The molecule has 0 bridgehead atoms. The third-order valence-corrected chi connectivity index (χ3v) is 6.50. The molecule has 6 nitrogen and oxygen atoms in total. The van der Waals surface area contributed by atoms with Gasteiger partial charge >= 0.3 is 6.03 Å². The summed E-state index contributed by atoms with van der Waals surface area (Å²) in [6.45, 7) is 0.977. The Morgan fingerprint density at radius 2 is 1.88 bits per heavy atom. The van der Waals surface area contributed by atoms with Gasteiger partial charge in [-0.1, -0.05) is 30.3 Å². The molecule has 25 heavy (non-hydrogen) atoms. The van der Waals surface area contributed by atoms with Crippen LogP contribution in [-0.4, -0.2) is 31.8 Å². The number of carbonyl (C=O) groups excluding carboxylic acids is 1. The van der Waals surface area contributed by atoms with E-state index in [4.69, 9.17) is 0 Å². The van der Waals surface area contributed by atoms with E-state index in [9.17, 15) is 13.2 Å². The SMILES string of the molecule is O=C1NC(c2ccccc2)CCN1S(=O)(=O)c1ccc2c(c1)CCN2. The van der Waals surface area contributed by atoms with Crippen molar-refractivity contribution in [3.05, 3.63) is 59.7 Å². The molecule has 4 rings (SSSR count). The smallest absolute Gasteiger partial charge is 0.331 e. The molecule has 1 unspecified atom stereocenters. The zero-order chi connectivity index (χ0) is 17.4. The van der Waals surface area contributed by atoms with Crippen molar-refractivity contribution in [1.82, 2.24) is 9.62 Å². The fraction of sp³-hybridized carbons (Fsp3) is 0.278. The summed E-state index contributed by atoms with van der Waals surface area (Å²) >= 11 is 0. The van der Waals surface area contributed by atoms with Crippen LogP contribution >= 0.6 is 0 Å². The summed E-state index contributed by atoms with van der Waals surface area (Å²) in [5.41, 5.74) is 2.92. The van der Waals surface area contributed by atoms with Crippen molar-refractivity contribution in [1.29, 1.82) is 0 Å². The van der Waals surface area contributed by atoms with Crippen molar-refractivity contribution >= 4 is 21.7 Å². The molecule has 0 aromatic heterocycles. The van der Waals surface area contributed by atoms with Crippen LogP contribution in [0.2, 0.25) is 0 Å². The van der Waals surface area contributed by atoms with Crippen molar-refractivity contribution in [3.63, 3.8) is 0 Å². The number of benzene rings is 2. The van der Waals surface area contributed by atoms with Crippen molar-refractivity contribution < 1.29 is 13.2 Å². The topological polar surface area (TPSA) is 78.5 Å². The van der Waals surface area contributed by atoms with E-state index >= 15 is 0 Å². The highest BCUT2D eigenvalue weighted by Gasteiger charge is 2.35. The molecule has 2 aliphatic rings. The average Bonchev–Trinajstić information content (AvgIpc) is 3.10. The van der Waals surface area contributed by atoms with Crippen LogP contribution < -0.4 is 10.6 Å². The first-order valence-corrected chi connectivity index (χ1v) is 9.75. The van der Waals surface area contributed by atoms with Gasteiger partial charge in [0.15, 0.2) is 0 Å². The van der Waals surface area contributed by atoms with Crippen LogP contribution in [-0.2, 0) is 16.4 Å². The van der Waals surface area contributed by atoms with Gasteiger partial charge in [-0.3, -0.25) is 0 Å². The van der Waals surface area contributed by atoms with Gasteiger partial charge in [-0.2, -0.15) is 0 Å². The van der Waals surface area contributed by atoms with Crippen LogP contribution in [0.1, 0.15) is 23.6 Å². The molecule has 0 saturated carbocycles. The van der Waals surface area contributed by atoms with Crippen molar-refractivity contribution in [3.8, 4) is 0 Å². The Hall–Kier alpha value is -2.54. The third-order valence-electron chi connectivity index (χ3n) is 4.72. The molecule has 1 fully saturated rings. The highest BCUT2D eigenvalue weighted by molar-refractivity contribution is 7.89. The largest absolute Gasteiger partial charge is 0.384 e. The summed E-state index contributed by atoms with van der Waals surface area (Å²) in [5.74, 6) is 0. The van der Waals surface area contributed by atoms with Crippen LogP contribution in [0.25, 0.3) is 0 Å².